The van der Waals surface area contributed by atoms with Crippen molar-refractivity contribution in [3.63, 3.8) is 0 Å². The van der Waals surface area contributed by atoms with Gasteiger partial charge in [0.2, 0.25) is 0 Å². The fourth-order valence-electron chi connectivity index (χ4n) is 3.46. The lowest BCUT2D eigenvalue weighted by Gasteiger charge is -2.29. The van der Waals surface area contributed by atoms with Gasteiger partial charge in [0, 0.05) is 11.6 Å². The fraction of sp³-hybridized carbons (Fsp3) is 0.381. The lowest BCUT2D eigenvalue weighted by atomic mass is 9.86. The van der Waals surface area contributed by atoms with E-state index in [-0.39, 0.29) is 16.8 Å². The number of amides is 1. The number of nitrogens with one attached hydrogen (secondary N) is 2. The quantitative estimate of drug-likeness (QED) is 0.812. The van der Waals surface area contributed by atoms with Crippen LogP contribution in [0.25, 0.3) is 0 Å². The molecule has 0 unspecified atom stereocenters. The molecule has 3 rings (SSSR count). The zero-order valence-electron chi connectivity index (χ0n) is 15.7. The molecule has 2 atom stereocenters. The van der Waals surface area contributed by atoms with E-state index in [0.29, 0.717) is 17.2 Å². The van der Waals surface area contributed by atoms with Crippen molar-refractivity contribution in [2.45, 2.75) is 50.5 Å². The Morgan fingerprint density at radius 3 is 2.33 bits per heavy atom. The smallest absolute Gasteiger partial charge is 0.261 e. The van der Waals surface area contributed by atoms with Crippen LogP contribution in [0.3, 0.4) is 0 Å². The predicted octanol–water partition coefficient (Wildman–Crippen LogP) is 4.10. The fourth-order valence-corrected chi connectivity index (χ4v) is 4.59. The van der Waals surface area contributed by atoms with E-state index in [1.165, 1.54) is 18.6 Å². The van der Waals surface area contributed by atoms with Gasteiger partial charge in [0.05, 0.1) is 10.6 Å². The van der Waals surface area contributed by atoms with Crippen LogP contribution >= 0.6 is 0 Å². The molecule has 0 heterocycles. The van der Waals surface area contributed by atoms with Crippen LogP contribution in [-0.2, 0) is 10.0 Å². The molecule has 5 nitrogen and oxygen atoms in total. The van der Waals surface area contributed by atoms with E-state index in [9.17, 15) is 13.2 Å². The topological polar surface area (TPSA) is 75.3 Å². The van der Waals surface area contributed by atoms with Crippen molar-refractivity contribution in [3.05, 3.63) is 59.7 Å². The Balaban J connectivity index is 1.70. The molecule has 0 aliphatic heterocycles. The van der Waals surface area contributed by atoms with Crippen molar-refractivity contribution in [1.29, 1.82) is 0 Å². The highest BCUT2D eigenvalue weighted by molar-refractivity contribution is 7.92. The maximum atomic E-state index is 12.6. The zero-order chi connectivity index (χ0) is 19.4. The lowest BCUT2D eigenvalue weighted by molar-refractivity contribution is 0.0910. The van der Waals surface area contributed by atoms with Crippen LogP contribution in [-0.4, -0.2) is 20.4 Å². The summed E-state index contributed by atoms with van der Waals surface area (Å²) in [5.41, 5.74) is 1.87. The first-order valence-corrected chi connectivity index (χ1v) is 10.8. The summed E-state index contributed by atoms with van der Waals surface area (Å²) in [7, 11) is -3.70. The lowest BCUT2D eigenvalue weighted by Crippen LogP contribution is -2.41. The van der Waals surface area contributed by atoms with Crippen LogP contribution in [0.1, 0.15) is 48.5 Å². The summed E-state index contributed by atoms with van der Waals surface area (Å²) in [5, 5.41) is 3.09. The van der Waals surface area contributed by atoms with Crippen LogP contribution in [0.15, 0.2) is 53.4 Å². The third-order valence-electron chi connectivity index (χ3n) is 5.24. The second-order valence-corrected chi connectivity index (χ2v) is 8.97. The van der Waals surface area contributed by atoms with Crippen LogP contribution in [0, 0.1) is 12.8 Å². The number of sulfonamides is 1. The third kappa shape index (κ3) is 4.69. The summed E-state index contributed by atoms with van der Waals surface area (Å²) in [5.74, 6) is 0.324. The van der Waals surface area contributed by atoms with Crippen molar-refractivity contribution in [3.8, 4) is 0 Å². The Bertz CT molecular complexity index is 907. The van der Waals surface area contributed by atoms with Crippen molar-refractivity contribution >= 4 is 21.6 Å². The summed E-state index contributed by atoms with van der Waals surface area (Å²) in [6, 6.07) is 13.5. The Hall–Kier alpha value is -2.34. The summed E-state index contributed by atoms with van der Waals surface area (Å²) in [6.45, 7) is 4.01. The standard InChI is InChI=1S/C21H26N2O3S/c1-15-7-3-5-9-19(15)22-21(24)17-11-13-18(14-12-17)27(25,26)23-20-10-6-4-8-16(20)2/h4,6,8,10-15,19,23H,3,5,7,9H2,1-2H3,(H,22,24)/t15-,19-/m0/s1. The Kier molecular flexibility index (Phi) is 5.85. The monoisotopic (exact) mass is 386 g/mol. The summed E-state index contributed by atoms with van der Waals surface area (Å²) < 4.78 is 27.8. The van der Waals surface area contributed by atoms with Crippen molar-refractivity contribution in [2.75, 3.05) is 4.72 Å². The molecule has 1 aliphatic carbocycles. The molecular formula is C21H26N2O3S. The second-order valence-electron chi connectivity index (χ2n) is 7.29. The first-order chi connectivity index (χ1) is 12.9. The molecule has 0 saturated heterocycles. The van der Waals surface area contributed by atoms with Gasteiger partial charge < -0.3 is 5.32 Å². The molecule has 0 spiro atoms. The first-order valence-electron chi connectivity index (χ1n) is 9.36. The highest BCUT2D eigenvalue weighted by Crippen LogP contribution is 2.24. The van der Waals surface area contributed by atoms with Gasteiger partial charge in [-0.25, -0.2) is 8.42 Å². The average Bonchev–Trinajstić information content (AvgIpc) is 2.65. The van der Waals surface area contributed by atoms with Gasteiger partial charge in [0.1, 0.15) is 0 Å². The van der Waals surface area contributed by atoms with E-state index in [0.717, 1.165) is 24.8 Å². The first kappa shape index (κ1) is 19.4. The summed E-state index contributed by atoms with van der Waals surface area (Å²) >= 11 is 0. The highest BCUT2D eigenvalue weighted by Gasteiger charge is 2.23. The van der Waals surface area contributed by atoms with E-state index in [4.69, 9.17) is 0 Å². The van der Waals surface area contributed by atoms with E-state index in [2.05, 4.69) is 17.0 Å². The SMILES string of the molecule is Cc1ccccc1NS(=O)(=O)c1ccc(C(=O)N[C@H]2CCCC[C@@H]2C)cc1. The zero-order valence-corrected chi connectivity index (χ0v) is 16.6. The molecule has 2 aromatic carbocycles. The van der Waals surface area contributed by atoms with Crippen molar-refractivity contribution < 1.29 is 13.2 Å². The van der Waals surface area contributed by atoms with E-state index in [1.54, 1.807) is 24.3 Å². The molecule has 27 heavy (non-hydrogen) atoms. The number of para-hydroxylation sites is 1. The van der Waals surface area contributed by atoms with Gasteiger partial charge in [-0.15, -0.1) is 0 Å². The minimum absolute atomic E-state index is 0.133. The third-order valence-corrected chi connectivity index (χ3v) is 6.63. The molecule has 0 aromatic heterocycles. The number of aryl methyl sites for hydroxylation is 1. The molecular weight excluding hydrogens is 360 g/mol. The number of hydrogen-bond acceptors (Lipinski definition) is 3. The number of carbonyl (C=O) groups is 1. The molecule has 2 aromatic rings. The molecule has 144 valence electrons. The molecule has 0 radical (unpaired) electrons. The van der Waals surface area contributed by atoms with Crippen LogP contribution in [0.2, 0.25) is 0 Å². The summed E-state index contributed by atoms with van der Waals surface area (Å²) in [6.07, 6.45) is 4.48. The molecule has 0 bridgehead atoms. The molecule has 1 fully saturated rings. The van der Waals surface area contributed by atoms with Crippen molar-refractivity contribution in [2.24, 2.45) is 5.92 Å². The molecule has 6 heteroatoms. The van der Waals surface area contributed by atoms with Crippen LogP contribution in [0.5, 0.6) is 0 Å². The Labute approximate surface area is 161 Å². The molecule has 1 aliphatic rings. The predicted molar refractivity (Wildman–Crippen MR) is 107 cm³/mol. The molecule has 1 amide bonds. The van der Waals surface area contributed by atoms with Gasteiger partial charge in [-0.2, -0.15) is 0 Å². The number of anilines is 1. The minimum atomic E-state index is -3.70. The highest BCUT2D eigenvalue weighted by atomic mass is 32.2. The van der Waals surface area contributed by atoms with Gasteiger partial charge >= 0.3 is 0 Å². The van der Waals surface area contributed by atoms with Crippen molar-refractivity contribution in [1.82, 2.24) is 5.32 Å². The van der Waals surface area contributed by atoms with E-state index >= 15 is 0 Å². The minimum Gasteiger partial charge on any atom is -0.349 e. The Morgan fingerprint density at radius 1 is 1.00 bits per heavy atom. The maximum Gasteiger partial charge on any atom is 0.261 e. The largest absolute Gasteiger partial charge is 0.349 e. The number of benzene rings is 2. The number of rotatable bonds is 5. The normalized spacial score (nSPS) is 20.1. The van der Waals surface area contributed by atoms with Gasteiger partial charge in [-0.05, 0) is 61.6 Å². The summed E-state index contributed by atoms with van der Waals surface area (Å²) in [4.78, 5) is 12.6. The maximum absolute atomic E-state index is 12.6. The number of hydrogen-bond donors (Lipinski definition) is 2. The average molecular weight is 387 g/mol. The van der Waals surface area contributed by atoms with Crippen LogP contribution < -0.4 is 10.0 Å². The molecule has 2 N–H and O–H groups in total. The number of carbonyl (C=O) groups excluding carboxylic acids is 1. The Morgan fingerprint density at radius 2 is 1.67 bits per heavy atom. The van der Waals surface area contributed by atoms with Gasteiger partial charge in [0.25, 0.3) is 15.9 Å². The molecule has 1 saturated carbocycles. The van der Waals surface area contributed by atoms with Crippen LogP contribution in [0.4, 0.5) is 5.69 Å². The van der Waals surface area contributed by atoms with Gasteiger partial charge in [-0.3, -0.25) is 9.52 Å². The van der Waals surface area contributed by atoms with E-state index < -0.39 is 10.0 Å². The van der Waals surface area contributed by atoms with E-state index in [1.807, 2.05) is 19.1 Å². The van der Waals surface area contributed by atoms with Gasteiger partial charge in [-0.1, -0.05) is 38.0 Å². The second kappa shape index (κ2) is 8.13. The van der Waals surface area contributed by atoms with Gasteiger partial charge in [0.15, 0.2) is 0 Å².